The highest BCUT2D eigenvalue weighted by atomic mass is 16.5. The van der Waals surface area contributed by atoms with Crippen LogP contribution in [0.25, 0.3) is 11.6 Å². The predicted octanol–water partition coefficient (Wildman–Crippen LogP) is 1.93. The summed E-state index contributed by atoms with van der Waals surface area (Å²) in [4.78, 5) is 8.32. The molecule has 6 heteroatoms. The Morgan fingerprint density at radius 3 is 2.85 bits per heavy atom. The van der Waals surface area contributed by atoms with Gasteiger partial charge in [0.2, 0.25) is 0 Å². The van der Waals surface area contributed by atoms with Crippen molar-refractivity contribution in [3.8, 4) is 17.7 Å². The summed E-state index contributed by atoms with van der Waals surface area (Å²) < 4.78 is 7.05. The van der Waals surface area contributed by atoms with Crippen LogP contribution in [0.1, 0.15) is 17.0 Å². The average Bonchev–Trinajstić information content (AvgIpc) is 3.06. The minimum Gasteiger partial charge on any atom is -0.345 e. The van der Waals surface area contributed by atoms with Gasteiger partial charge in [-0.25, -0.2) is 0 Å². The number of nitriles is 1. The van der Waals surface area contributed by atoms with E-state index in [0.29, 0.717) is 23.7 Å². The third-order valence-electron chi connectivity index (χ3n) is 2.93. The van der Waals surface area contributed by atoms with Crippen LogP contribution in [0.4, 0.5) is 0 Å². The molecule has 0 unspecified atom stereocenters. The summed E-state index contributed by atoms with van der Waals surface area (Å²) >= 11 is 0. The SMILES string of the molecule is Cn1cc(C#N)cc1-c1nc(Cc2ccncc2)no1. The number of hydrogen-bond acceptors (Lipinski definition) is 5. The molecule has 0 fully saturated rings. The molecule has 98 valence electrons. The standard InChI is InChI=1S/C14H11N5O/c1-19-9-11(8-15)6-12(19)14-17-13(18-20-14)7-10-2-4-16-5-3-10/h2-6,9H,7H2,1H3. The van der Waals surface area contributed by atoms with Gasteiger partial charge in [0.1, 0.15) is 11.8 Å². The van der Waals surface area contributed by atoms with Crippen LogP contribution in [-0.4, -0.2) is 19.7 Å². The maximum absolute atomic E-state index is 8.89. The second-order valence-electron chi connectivity index (χ2n) is 4.38. The Balaban J connectivity index is 1.87. The molecule has 0 amide bonds. The summed E-state index contributed by atoms with van der Waals surface area (Å²) in [6, 6.07) is 7.63. The lowest BCUT2D eigenvalue weighted by Gasteiger charge is -1.95. The van der Waals surface area contributed by atoms with Crippen molar-refractivity contribution in [3.05, 3.63) is 53.7 Å². The van der Waals surface area contributed by atoms with Crippen LogP contribution in [0.3, 0.4) is 0 Å². The molecule has 0 spiro atoms. The molecule has 3 aromatic rings. The minimum absolute atomic E-state index is 0.415. The van der Waals surface area contributed by atoms with Crippen molar-refractivity contribution < 1.29 is 4.52 Å². The zero-order valence-electron chi connectivity index (χ0n) is 10.8. The van der Waals surface area contributed by atoms with E-state index in [9.17, 15) is 0 Å². The van der Waals surface area contributed by atoms with Gasteiger partial charge in [0, 0.05) is 32.1 Å². The Kier molecular flexibility index (Phi) is 3.01. The highest BCUT2D eigenvalue weighted by molar-refractivity contribution is 5.52. The Labute approximate surface area is 115 Å². The quantitative estimate of drug-likeness (QED) is 0.722. The van der Waals surface area contributed by atoms with Crippen molar-refractivity contribution >= 4 is 0 Å². The molecule has 0 aromatic carbocycles. The summed E-state index contributed by atoms with van der Waals surface area (Å²) in [6.45, 7) is 0. The van der Waals surface area contributed by atoms with E-state index in [-0.39, 0.29) is 0 Å². The van der Waals surface area contributed by atoms with E-state index in [4.69, 9.17) is 9.78 Å². The lowest BCUT2D eigenvalue weighted by molar-refractivity contribution is 0.421. The van der Waals surface area contributed by atoms with Crippen LogP contribution in [0, 0.1) is 11.3 Å². The molecular weight excluding hydrogens is 254 g/mol. The second-order valence-corrected chi connectivity index (χ2v) is 4.38. The molecule has 6 nitrogen and oxygen atoms in total. The lowest BCUT2D eigenvalue weighted by Crippen LogP contribution is -1.92. The van der Waals surface area contributed by atoms with Crippen molar-refractivity contribution in [2.75, 3.05) is 0 Å². The normalized spacial score (nSPS) is 10.4. The van der Waals surface area contributed by atoms with Crippen LogP contribution in [0.5, 0.6) is 0 Å². The van der Waals surface area contributed by atoms with E-state index in [1.807, 2.05) is 19.2 Å². The van der Waals surface area contributed by atoms with Crippen molar-refractivity contribution in [1.82, 2.24) is 19.7 Å². The number of hydrogen-bond donors (Lipinski definition) is 0. The summed E-state index contributed by atoms with van der Waals surface area (Å²) in [6.07, 6.45) is 5.77. The number of aromatic nitrogens is 4. The molecule has 0 atom stereocenters. The molecule has 0 saturated heterocycles. The van der Waals surface area contributed by atoms with Gasteiger partial charge < -0.3 is 9.09 Å². The van der Waals surface area contributed by atoms with Crippen LogP contribution in [-0.2, 0) is 13.5 Å². The lowest BCUT2D eigenvalue weighted by atomic mass is 10.2. The van der Waals surface area contributed by atoms with Gasteiger partial charge in [0.15, 0.2) is 5.82 Å². The van der Waals surface area contributed by atoms with Gasteiger partial charge in [0.05, 0.1) is 5.56 Å². The van der Waals surface area contributed by atoms with Crippen molar-refractivity contribution in [3.63, 3.8) is 0 Å². The predicted molar refractivity (Wildman–Crippen MR) is 70.5 cm³/mol. The third-order valence-corrected chi connectivity index (χ3v) is 2.93. The van der Waals surface area contributed by atoms with Gasteiger partial charge in [-0.15, -0.1) is 0 Å². The Bertz CT molecular complexity index is 766. The molecule has 0 aliphatic rings. The molecule has 0 saturated carbocycles. The Morgan fingerprint density at radius 1 is 1.35 bits per heavy atom. The second kappa shape index (κ2) is 4.97. The molecule has 3 aromatic heterocycles. The van der Waals surface area contributed by atoms with Crippen LogP contribution >= 0.6 is 0 Å². The van der Waals surface area contributed by atoms with Gasteiger partial charge in [0.25, 0.3) is 5.89 Å². The first-order valence-electron chi connectivity index (χ1n) is 6.04. The van der Waals surface area contributed by atoms with Crippen LogP contribution in [0.2, 0.25) is 0 Å². The zero-order chi connectivity index (χ0) is 13.9. The zero-order valence-corrected chi connectivity index (χ0v) is 10.8. The van der Waals surface area contributed by atoms with Gasteiger partial charge in [-0.05, 0) is 23.8 Å². The maximum atomic E-state index is 8.89. The molecule has 0 radical (unpaired) electrons. The first kappa shape index (κ1) is 12.1. The van der Waals surface area contributed by atoms with Gasteiger partial charge >= 0.3 is 0 Å². The molecule has 3 heterocycles. The topological polar surface area (TPSA) is 80.5 Å². The first-order valence-corrected chi connectivity index (χ1v) is 6.04. The highest BCUT2D eigenvalue weighted by Gasteiger charge is 2.13. The molecular formula is C14H11N5O. The van der Waals surface area contributed by atoms with E-state index >= 15 is 0 Å². The number of rotatable bonds is 3. The fourth-order valence-corrected chi connectivity index (χ4v) is 1.95. The van der Waals surface area contributed by atoms with E-state index in [2.05, 4.69) is 21.2 Å². The third kappa shape index (κ3) is 2.29. The summed E-state index contributed by atoms with van der Waals surface area (Å²) in [5.74, 6) is 1.02. The fourth-order valence-electron chi connectivity index (χ4n) is 1.95. The molecule has 0 aliphatic heterocycles. The van der Waals surface area contributed by atoms with Gasteiger partial charge in [-0.3, -0.25) is 4.98 Å². The van der Waals surface area contributed by atoms with Crippen molar-refractivity contribution in [2.45, 2.75) is 6.42 Å². The largest absolute Gasteiger partial charge is 0.345 e. The number of aryl methyl sites for hydroxylation is 1. The summed E-state index contributed by atoms with van der Waals surface area (Å²) in [7, 11) is 1.84. The van der Waals surface area contributed by atoms with Gasteiger partial charge in [-0.2, -0.15) is 10.2 Å². The monoisotopic (exact) mass is 265 g/mol. The highest BCUT2D eigenvalue weighted by Crippen LogP contribution is 2.20. The molecule has 3 rings (SSSR count). The van der Waals surface area contributed by atoms with E-state index in [0.717, 1.165) is 11.3 Å². The Hall–Kier alpha value is -2.94. The number of nitrogens with zero attached hydrogens (tertiary/aromatic N) is 5. The minimum atomic E-state index is 0.415. The first-order chi connectivity index (χ1) is 9.76. The molecule has 0 aliphatic carbocycles. The summed E-state index contributed by atoms with van der Waals surface area (Å²) in [5.41, 5.74) is 2.36. The fraction of sp³-hybridized carbons (Fsp3) is 0.143. The van der Waals surface area contributed by atoms with Crippen LogP contribution in [0.15, 0.2) is 41.3 Å². The van der Waals surface area contributed by atoms with Crippen LogP contribution < -0.4 is 0 Å². The maximum Gasteiger partial charge on any atom is 0.274 e. The molecule has 20 heavy (non-hydrogen) atoms. The number of pyridine rings is 1. The summed E-state index contributed by atoms with van der Waals surface area (Å²) in [5, 5.41) is 12.8. The smallest absolute Gasteiger partial charge is 0.274 e. The van der Waals surface area contributed by atoms with E-state index in [1.165, 1.54) is 0 Å². The average molecular weight is 265 g/mol. The van der Waals surface area contributed by atoms with Gasteiger partial charge in [-0.1, -0.05) is 5.16 Å². The molecule has 0 N–H and O–H groups in total. The van der Waals surface area contributed by atoms with E-state index in [1.54, 1.807) is 29.2 Å². The van der Waals surface area contributed by atoms with Crippen molar-refractivity contribution in [2.24, 2.45) is 7.05 Å². The molecule has 0 bridgehead atoms. The van der Waals surface area contributed by atoms with E-state index < -0.39 is 0 Å². The van der Waals surface area contributed by atoms with Crippen molar-refractivity contribution in [1.29, 1.82) is 5.26 Å². The Morgan fingerprint density at radius 2 is 2.15 bits per heavy atom.